The van der Waals surface area contributed by atoms with Gasteiger partial charge in [-0.05, 0) is 58.1 Å². The highest BCUT2D eigenvalue weighted by atomic mass is 15.0. The summed E-state index contributed by atoms with van der Waals surface area (Å²) in [6, 6.07) is 40.2. The summed E-state index contributed by atoms with van der Waals surface area (Å²) in [5, 5.41) is 7.83. The topological polar surface area (TPSA) is 24.1 Å². The van der Waals surface area contributed by atoms with Gasteiger partial charge in [0.1, 0.15) is 0 Å². The van der Waals surface area contributed by atoms with Crippen LogP contribution in [0.2, 0.25) is 0 Å². The van der Waals surface area contributed by atoms with Gasteiger partial charge in [-0.1, -0.05) is 137 Å². The van der Waals surface area contributed by atoms with Gasteiger partial charge < -0.3 is 10.6 Å². The molecule has 2 atom stereocenters. The van der Waals surface area contributed by atoms with Gasteiger partial charge in [-0.15, -0.1) is 0 Å². The SMILES string of the molecule is CC(C)Cc1ccc(CNC(c2ccccc2)C(NCc2ccc(CC(C)C)cc2)c2ccccc2)cc1. The molecule has 0 aromatic heterocycles. The second-order valence-corrected chi connectivity index (χ2v) is 11.4. The van der Waals surface area contributed by atoms with E-state index in [1.54, 1.807) is 0 Å². The zero-order valence-electron chi connectivity index (χ0n) is 23.5. The third-order valence-corrected chi connectivity index (χ3v) is 7.04. The summed E-state index contributed by atoms with van der Waals surface area (Å²) in [4.78, 5) is 0. The van der Waals surface area contributed by atoms with Crippen molar-refractivity contribution in [2.24, 2.45) is 11.8 Å². The largest absolute Gasteiger partial charge is 0.304 e. The van der Waals surface area contributed by atoms with Crippen LogP contribution in [-0.4, -0.2) is 0 Å². The maximum absolute atomic E-state index is 3.92. The summed E-state index contributed by atoms with van der Waals surface area (Å²) in [7, 11) is 0. The second kappa shape index (κ2) is 14.1. The van der Waals surface area contributed by atoms with Crippen molar-refractivity contribution < 1.29 is 0 Å². The van der Waals surface area contributed by atoms with Crippen molar-refractivity contribution in [1.82, 2.24) is 10.6 Å². The Hall–Kier alpha value is -3.20. The van der Waals surface area contributed by atoms with E-state index in [2.05, 4.69) is 148 Å². The van der Waals surface area contributed by atoms with Crippen molar-refractivity contribution in [3.05, 3.63) is 143 Å². The average molecular weight is 505 g/mol. The van der Waals surface area contributed by atoms with Gasteiger partial charge in [0.05, 0.1) is 12.1 Å². The molecule has 0 spiro atoms. The van der Waals surface area contributed by atoms with Crippen LogP contribution in [0.1, 0.15) is 73.2 Å². The predicted octanol–water partition coefficient (Wildman–Crippen LogP) is 8.45. The molecule has 0 heterocycles. The number of rotatable bonds is 13. The Morgan fingerprint density at radius 3 is 1.05 bits per heavy atom. The van der Waals surface area contributed by atoms with E-state index in [0.29, 0.717) is 11.8 Å². The molecule has 0 aliphatic carbocycles. The predicted molar refractivity (Wildman–Crippen MR) is 162 cm³/mol. The quantitative estimate of drug-likeness (QED) is 0.191. The van der Waals surface area contributed by atoms with Gasteiger partial charge >= 0.3 is 0 Å². The molecular weight excluding hydrogens is 460 g/mol. The molecule has 2 N–H and O–H groups in total. The fraction of sp³-hybridized carbons (Fsp3) is 0.333. The minimum Gasteiger partial charge on any atom is -0.304 e. The average Bonchev–Trinajstić information content (AvgIpc) is 2.92. The monoisotopic (exact) mass is 504 g/mol. The first-order valence-electron chi connectivity index (χ1n) is 14.2. The molecule has 0 fully saturated rings. The molecule has 0 saturated carbocycles. The van der Waals surface area contributed by atoms with Crippen molar-refractivity contribution in [3.63, 3.8) is 0 Å². The van der Waals surface area contributed by atoms with Gasteiger partial charge in [0.25, 0.3) is 0 Å². The van der Waals surface area contributed by atoms with Crippen molar-refractivity contribution in [3.8, 4) is 0 Å². The Balaban J connectivity index is 1.55. The number of benzene rings is 4. The van der Waals surface area contributed by atoms with Gasteiger partial charge in [-0.2, -0.15) is 0 Å². The zero-order chi connectivity index (χ0) is 26.7. The highest BCUT2D eigenvalue weighted by Crippen LogP contribution is 2.30. The van der Waals surface area contributed by atoms with E-state index in [1.165, 1.54) is 33.4 Å². The summed E-state index contributed by atoms with van der Waals surface area (Å²) < 4.78 is 0. The molecule has 0 radical (unpaired) electrons. The fourth-order valence-corrected chi connectivity index (χ4v) is 5.16. The van der Waals surface area contributed by atoms with Crippen molar-refractivity contribution in [2.45, 2.75) is 65.7 Å². The van der Waals surface area contributed by atoms with Gasteiger partial charge in [0, 0.05) is 13.1 Å². The third-order valence-electron chi connectivity index (χ3n) is 7.04. The van der Waals surface area contributed by atoms with Crippen LogP contribution in [0, 0.1) is 11.8 Å². The number of nitrogens with one attached hydrogen (secondary N) is 2. The van der Waals surface area contributed by atoms with Crippen molar-refractivity contribution in [2.75, 3.05) is 0 Å². The molecule has 0 amide bonds. The van der Waals surface area contributed by atoms with Gasteiger partial charge in [0.15, 0.2) is 0 Å². The summed E-state index contributed by atoms with van der Waals surface area (Å²) in [6.07, 6.45) is 2.25. The van der Waals surface area contributed by atoms with Gasteiger partial charge in [-0.25, -0.2) is 0 Å². The van der Waals surface area contributed by atoms with Gasteiger partial charge in [0.2, 0.25) is 0 Å². The minimum atomic E-state index is 0.120. The normalized spacial score (nSPS) is 13.1. The van der Waals surface area contributed by atoms with E-state index < -0.39 is 0 Å². The minimum absolute atomic E-state index is 0.120. The lowest BCUT2D eigenvalue weighted by atomic mass is 9.92. The Morgan fingerprint density at radius 2 is 0.737 bits per heavy atom. The standard InChI is InChI=1S/C36H44N2/c1-27(2)23-29-15-19-31(20-16-29)25-37-35(33-11-7-5-8-12-33)36(34-13-9-6-10-14-34)38-26-32-21-17-30(18-22-32)24-28(3)4/h5-22,27-28,35-38H,23-26H2,1-4H3. The first kappa shape index (κ1) is 27.8. The fourth-order valence-electron chi connectivity index (χ4n) is 5.16. The van der Waals surface area contributed by atoms with E-state index in [-0.39, 0.29) is 12.1 Å². The van der Waals surface area contributed by atoms with Crippen molar-refractivity contribution in [1.29, 1.82) is 0 Å². The maximum Gasteiger partial charge on any atom is 0.0521 e. The van der Waals surface area contributed by atoms with Crippen LogP contribution in [0.4, 0.5) is 0 Å². The van der Waals surface area contributed by atoms with E-state index >= 15 is 0 Å². The molecule has 4 aromatic carbocycles. The molecule has 4 aromatic rings. The molecule has 198 valence electrons. The zero-order valence-corrected chi connectivity index (χ0v) is 23.5. The smallest absolute Gasteiger partial charge is 0.0521 e. The lowest BCUT2D eigenvalue weighted by Crippen LogP contribution is -2.35. The highest BCUT2D eigenvalue weighted by Gasteiger charge is 2.24. The molecule has 2 heteroatoms. The third kappa shape index (κ3) is 8.41. The summed E-state index contributed by atoms with van der Waals surface area (Å²) in [5.41, 5.74) is 8.02. The van der Waals surface area contributed by atoms with E-state index in [1.807, 2.05) is 0 Å². The van der Waals surface area contributed by atoms with E-state index in [4.69, 9.17) is 0 Å². The molecule has 0 aliphatic rings. The lowest BCUT2D eigenvalue weighted by molar-refractivity contribution is 0.381. The Morgan fingerprint density at radius 1 is 0.421 bits per heavy atom. The Bertz CT molecular complexity index is 1100. The van der Waals surface area contributed by atoms with Crippen LogP contribution in [0.3, 0.4) is 0 Å². The summed E-state index contributed by atoms with van der Waals surface area (Å²) in [6.45, 7) is 10.7. The van der Waals surface area contributed by atoms with E-state index in [0.717, 1.165) is 25.9 Å². The molecular formula is C36H44N2. The summed E-state index contributed by atoms with van der Waals surface area (Å²) >= 11 is 0. The van der Waals surface area contributed by atoms with Gasteiger partial charge in [-0.3, -0.25) is 0 Å². The maximum atomic E-state index is 3.92. The van der Waals surface area contributed by atoms with Crippen LogP contribution < -0.4 is 10.6 Å². The molecule has 38 heavy (non-hydrogen) atoms. The number of hydrogen-bond acceptors (Lipinski definition) is 2. The van der Waals surface area contributed by atoms with Crippen LogP contribution in [0.25, 0.3) is 0 Å². The van der Waals surface area contributed by atoms with Crippen LogP contribution in [0.15, 0.2) is 109 Å². The summed E-state index contributed by atoms with van der Waals surface area (Å²) in [5.74, 6) is 1.34. The molecule has 0 aliphatic heterocycles. The van der Waals surface area contributed by atoms with Crippen LogP contribution in [0.5, 0.6) is 0 Å². The molecule has 0 bridgehead atoms. The van der Waals surface area contributed by atoms with Crippen LogP contribution in [-0.2, 0) is 25.9 Å². The van der Waals surface area contributed by atoms with Crippen molar-refractivity contribution >= 4 is 0 Å². The molecule has 0 saturated heterocycles. The first-order chi connectivity index (χ1) is 18.5. The first-order valence-corrected chi connectivity index (χ1v) is 14.2. The lowest BCUT2D eigenvalue weighted by Gasteiger charge is -2.30. The Labute approximate surface area is 230 Å². The Kier molecular flexibility index (Phi) is 10.3. The highest BCUT2D eigenvalue weighted by molar-refractivity contribution is 5.30. The van der Waals surface area contributed by atoms with Crippen LogP contribution >= 0.6 is 0 Å². The number of hydrogen-bond donors (Lipinski definition) is 2. The molecule has 2 nitrogen and oxygen atoms in total. The molecule has 4 rings (SSSR count). The second-order valence-electron chi connectivity index (χ2n) is 11.4. The molecule has 2 unspecified atom stereocenters. The van der Waals surface area contributed by atoms with E-state index in [9.17, 15) is 0 Å².